The van der Waals surface area contributed by atoms with Crippen LogP contribution in [0.5, 0.6) is 0 Å². The Labute approximate surface area is 120 Å². The number of carbonyl (C=O) groups excluding carboxylic acids is 1. The summed E-state index contributed by atoms with van der Waals surface area (Å²) >= 11 is 3.12. The van der Waals surface area contributed by atoms with Gasteiger partial charge in [-0.15, -0.1) is 12.4 Å². The average Bonchev–Trinajstić information content (AvgIpc) is 2.35. The molecule has 1 heterocycles. The van der Waals surface area contributed by atoms with Crippen LogP contribution in [0.25, 0.3) is 0 Å². The predicted molar refractivity (Wildman–Crippen MR) is 74.5 cm³/mol. The van der Waals surface area contributed by atoms with Crippen molar-refractivity contribution in [1.29, 1.82) is 0 Å². The van der Waals surface area contributed by atoms with Crippen molar-refractivity contribution >= 4 is 34.2 Å². The van der Waals surface area contributed by atoms with Gasteiger partial charge in [0.05, 0.1) is 10.9 Å². The van der Waals surface area contributed by atoms with E-state index >= 15 is 0 Å². The Morgan fingerprint density at radius 3 is 2.67 bits per heavy atom. The number of carbonyl (C=O) groups is 1. The number of benzene rings is 1. The van der Waals surface area contributed by atoms with Gasteiger partial charge in [0.15, 0.2) is 0 Å². The molecule has 0 aliphatic carbocycles. The fourth-order valence-corrected chi connectivity index (χ4v) is 2.28. The molecular formula is C12H15BrClFN2O. The van der Waals surface area contributed by atoms with Crippen molar-refractivity contribution in [3.8, 4) is 0 Å². The van der Waals surface area contributed by atoms with Gasteiger partial charge in [0.25, 0.3) is 0 Å². The molecule has 1 amide bonds. The second-order valence-electron chi connectivity index (χ2n) is 4.06. The molecule has 1 aromatic rings. The van der Waals surface area contributed by atoms with Gasteiger partial charge in [-0.1, -0.05) is 6.07 Å². The normalized spacial score (nSPS) is 15.1. The third-order valence-electron chi connectivity index (χ3n) is 2.81. The molecule has 1 fully saturated rings. The molecule has 1 aromatic carbocycles. The van der Waals surface area contributed by atoms with Crippen LogP contribution in [0.15, 0.2) is 22.7 Å². The molecule has 0 spiro atoms. The van der Waals surface area contributed by atoms with E-state index in [1.807, 2.05) is 4.90 Å². The minimum atomic E-state index is -0.302. The SMILES string of the molecule is Cl.O=C(Cc1ccc(F)c(Br)c1)N1CCNCC1. The zero-order valence-corrected chi connectivity index (χ0v) is 12.2. The van der Waals surface area contributed by atoms with E-state index in [9.17, 15) is 9.18 Å². The topological polar surface area (TPSA) is 32.3 Å². The Morgan fingerprint density at radius 2 is 2.06 bits per heavy atom. The van der Waals surface area contributed by atoms with Crippen LogP contribution < -0.4 is 5.32 Å². The molecule has 1 aliphatic rings. The van der Waals surface area contributed by atoms with Gasteiger partial charge in [-0.05, 0) is 33.6 Å². The maximum absolute atomic E-state index is 13.0. The van der Waals surface area contributed by atoms with Gasteiger partial charge in [-0.3, -0.25) is 4.79 Å². The first-order chi connectivity index (χ1) is 8.16. The molecule has 1 N–H and O–H groups in total. The summed E-state index contributed by atoms with van der Waals surface area (Å²) in [5.41, 5.74) is 0.835. The third-order valence-corrected chi connectivity index (χ3v) is 3.42. The van der Waals surface area contributed by atoms with Crippen molar-refractivity contribution in [3.05, 3.63) is 34.1 Å². The number of amides is 1. The van der Waals surface area contributed by atoms with Gasteiger partial charge in [0.2, 0.25) is 5.91 Å². The highest BCUT2D eigenvalue weighted by atomic mass is 79.9. The van der Waals surface area contributed by atoms with Crippen molar-refractivity contribution in [2.45, 2.75) is 6.42 Å². The van der Waals surface area contributed by atoms with Crippen molar-refractivity contribution in [1.82, 2.24) is 10.2 Å². The molecule has 0 aromatic heterocycles. The van der Waals surface area contributed by atoms with Crippen LogP contribution in [-0.2, 0) is 11.2 Å². The van der Waals surface area contributed by atoms with Gasteiger partial charge in [0, 0.05) is 26.2 Å². The zero-order chi connectivity index (χ0) is 12.3. The molecule has 1 aliphatic heterocycles. The lowest BCUT2D eigenvalue weighted by molar-refractivity contribution is -0.131. The fraction of sp³-hybridized carbons (Fsp3) is 0.417. The summed E-state index contributed by atoms with van der Waals surface area (Å²) in [7, 11) is 0. The quantitative estimate of drug-likeness (QED) is 0.895. The highest BCUT2D eigenvalue weighted by Crippen LogP contribution is 2.17. The Morgan fingerprint density at radius 1 is 1.39 bits per heavy atom. The van der Waals surface area contributed by atoms with E-state index < -0.39 is 0 Å². The number of piperazine rings is 1. The van der Waals surface area contributed by atoms with E-state index in [0.717, 1.165) is 31.7 Å². The molecule has 1 saturated heterocycles. The molecule has 3 nitrogen and oxygen atoms in total. The van der Waals surface area contributed by atoms with Crippen molar-refractivity contribution in [2.24, 2.45) is 0 Å². The summed E-state index contributed by atoms with van der Waals surface area (Å²) in [6.07, 6.45) is 0.332. The van der Waals surface area contributed by atoms with Crippen molar-refractivity contribution in [3.63, 3.8) is 0 Å². The van der Waals surface area contributed by atoms with Crippen LogP contribution in [-0.4, -0.2) is 37.0 Å². The standard InChI is InChI=1S/C12H14BrFN2O.ClH/c13-10-7-9(1-2-11(10)14)8-12(17)16-5-3-15-4-6-16;/h1-2,7,15H,3-6,8H2;1H. The lowest BCUT2D eigenvalue weighted by Gasteiger charge is -2.27. The molecule has 18 heavy (non-hydrogen) atoms. The van der Waals surface area contributed by atoms with E-state index in [1.54, 1.807) is 12.1 Å². The summed E-state index contributed by atoms with van der Waals surface area (Å²) in [4.78, 5) is 13.8. The molecule has 0 saturated carbocycles. The minimum absolute atomic E-state index is 0. The Balaban J connectivity index is 0.00000162. The minimum Gasteiger partial charge on any atom is -0.340 e. The number of hydrogen-bond acceptors (Lipinski definition) is 2. The maximum Gasteiger partial charge on any atom is 0.227 e. The summed E-state index contributed by atoms with van der Waals surface area (Å²) in [5, 5.41) is 3.20. The van der Waals surface area contributed by atoms with Crippen LogP contribution in [0.3, 0.4) is 0 Å². The van der Waals surface area contributed by atoms with E-state index in [0.29, 0.717) is 10.9 Å². The van der Waals surface area contributed by atoms with E-state index in [-0.39, 0.29) is 24.1 Å². The largest absolute Gasteiger partial charge is 0.340 e. The number of nitrogens with one attached hydrogen (secondary N) is 1. The zero-order valence-electron chi connectivity index (χ0n) is 9.79. The Bertz CT molecular complexity index is 425. The van der Waals surface area contributed by atoms with Crippen molar-refractivity contribution < 1.29 is 9.18 Å². The fourth-order valence-electron chi connectivity index (χ4n) is 1.85. The van der Waals surface area contributed by atoms with Gasteiger partial charge >= 0.3 is 0 Å². The molecule has 6 heteroatoms. The van der Waals surface area contributed by atoms with Gasteiger partial charge in [-0.2, -0.15) is 0 Å². The molecule has 2 rings (SSSR count). The summed E-state index contributed by atoms with van der Waals surface area (Å²) in [6, 6.07) is 4.69. The van der Waals surface area contributed by atoms with E-state index in [2.05, 4.69) is 21.2 Å². The Kier molecular flexibility index (Phi) is 6.05. The highest BCUT2D eigenvalue weighted by Gasteiger charge is 2.16. The molecule has 0 bridgehead atoms. The van der Waals surface area contributed by atoms with Gasteiger partial charge in [-0.25, -0.2) is 4.39 Å². The molecule has 100 valence electrons. The molecule has 0 atom stereocenters. The number of halogens is 3. The van der Waals surface area contributed by atoms with Gasteiger partial charge < -0.3 is 10.2 Å². The lowest BCUT2D eigenvalue weighted by Crippen LogP contribution is -2.46. The monoisotopic (exact) mass is 336 g/mol. The predicted octanol–water partition coefficient (Wildman–Crippen LogP) is 1.98. The first kappa shape index (κ1) is 15.4. The number of nitrogens with zero attached hydrogens (tertiary/aromatic N) is 1. The smallest absolute Gasteiger partial charge is 0.227 e. The van der Waals surface area contributed by atoms with Crippen LogP contribution in [0.2, 0.25) is 0 Å². The second kappa shape index (κ2) is 7.07. The number of hydrogen-bond donors (Lipinski definition) is 1. The first-order valence-corrected chi connectivity index (χ1v) is 6.38. The lowest BCUT2D eigenvalue weighted by atomic mass is 10.1. The number of rotatable bonds is 2. The molecular weight excluding hydrogens is 323 g/mol. The molecule has 0 radical (unpaired) electrons. The van der Waals surface area contributed by atoms with Crippen molar-refractivity contribution in [2.75, 3.05) is 26.2 Å². The maximum atomic E-state index is 13.0. The Hall–Kier alpha value is -0.650. The van der Waals surface area contributed by atoms with E-state index in [1.165, 1.54) is 6.07 Å². The van der Waals surface area contributed by atoms with Gasteiger partial charge in [0.1, 0.15) is 5.82 Å². The van der Waals surface area contributed by atoms with Crippen LogP contribution in [0.1, 0.15) is 5.56 Å². The second-order valence-corrected chi connectivity index (χ2v) is 4.91. The average molecular weight is 338 g/mol. The molecule has 0 unspecified atom stereocenters. The van der Waals surface area contributed by atoms with Crippen LogP contribution in [0, 0.1) is 5.82 Å². The third kappa shape index (κ3) is 3.93. The summed E-state index contributed by atoms with van der Waals surface area (Å²) in [6.45, 7) is 3.19. The highest BCUT2D eigenvalue weighted by molar-refractivity contribution is 9.10. The van der Waals surface area contributed by atoms with E-state index in [4.69, 9.17) is 0 Å². The summed E-state index contributed by atoms with van der Waals surface area (Å²) < 4.78 is 13.4. The first-order valence-electron chi connectivity index (χ1n) is 5.59. The van der Waals surface area contributed by atoms with Crippen LogP contribution >= 0.6 is 28.3 Å². The van der Waals surface area contributed by atoms with Crippen LogP contribution in [0.4, 0.5) is 4.39 Å². The summed E-state index contributed by atoms with van der Waals surface area (Å²) in [5.74, 6) is -0.201.